The van der Waals surface area contributed by atoms with Crippen LogP contribution in [-0.4, -0.2) is 61.7 Å². The zero-order valence-corrected chi connectivity index (χ0v) is 22.7. The van der Waals surface area contributed by atoms with Gasteiger partial charge in [0.05, 0.1) is 12.5 Å². The van der Waals surface area contributed by atoms with Crippen molar-refractivity contribution in [3.8, 4) is 11.1 Å². The van der Waals surface area contributed by atoms with Crippen molar-refractivity contribution >= 4 is 29.8 Å². The van der Waals surface area contributed by atoms with E-state index in [0.717, 1.165) is 24.0 Å². The number of esters is 2. The van der Waals surface area contributed by atoms with E-state index in [4.69, 9.17) is 19.6 Å². The van der Waals surface area contributed by atoms with Crippen LogP contribution in [0.4, 0.5) is 4.79 Å². The molecule has 1 aliphatic rings. The number of rotatable bonds is 7. The van der Waals surface area contributed by atoms with Gasteiger partial charge in [0.1, 0.15) is 5.84 Å². The molecule has 0 unspecified atom stereocenters. The van der Waals surface area contributed by atoms with Crippen molar-refractivity contribution in [1.82, 2.24) is 10.2 Å². The number of nitrogens with zero attached hydrogens (tertiary/aromatic N) is 1. The first-order valence-corrected chi connectivity index (χ1v) is 12.7. The van der Waals surface area contributed by atoms with E-state index in [-0.39, 0.29) is 23.6 Å². The van der Waals surface area contributed by atoms with Crippen LogP contribution in [0.2, 0.25) is 0 Å². The second-order valence-corrected chi connectivity index (χ2v) is 10.4. The lowest BCUT2D eigenvalue weighted by Gasteiger charge is -2.31. The highest BCUT2D eigenvalue weighted by Gasteiger charge is 2.26. The molecule has 2 aromatic carbocycles. The molecule has 0 saturated carbocycles. The molecule has 2 aromatic rings. The molecule has 208 valence electrons. The van der Waals surface area contributed by atoms with Crippen LogP contribution in [0, 0.1) is 16.7 Å². The topological polar surface area (TPSA) is 135 Å². The Balaban J connectivity index is 1.50. The quantitative estimate of drug-likeness (QED) is 0.232. The minimum absolute atomic E-state index is 0.0343. The van der Waals surface area contributed by atoms with Crippen molar-refractivity contribution in [3.05, 3.63) is 59.7 Å². The summed E-state index contributed by atoms with van der Waals surface area (Å²) in [6.07, 6.45) is 1.04. The number of carbonyl (C=O) groups is 4. The monoisotopic (exact) mass is 537 g/mol. The number of ether oxygens (including phenoxy) is 3. The minimum atomic E-state index is -0.904. The molecule has 10 heteroatoms. The molecule has 0 radical (unpaired) electrons. The highest BCUT2D eigenvalue weighted by Crippen LogP contribution is 2.24. The molecule has 2 N–H and O–H groups in total. The fourth-order valence-corrected chi connectivity index (χ4v) is 4.04. The second-order valence-electron chi connectivity index (χ2n) is 10.4. The fraction of sp³-hybridized carbons (Fsp3) is 0.414. The van der Waals surface area contributed by atoms with Crippen LogP contribution in [0.25, 0.3) is 11.1 Å². The van der Waals surface area contributed by atoms with E-state index in [2.05, 4.69) is 5.32 Å². The molecule has 10 nitrogen and oxygen atoms in total. The summed E-state index contributed by atoms with van der Waals surface area (Å²) in [6, 6.07) is 14.3. The molecule has 3 rings (SSSR count). The number of amidine groups is 1. The number of alkyl carbamates (subject to hydrolysis) is 1. The lowest BCUT2D eigenvalue weighted by atomic mass is 9.93. The Bertz CT molecular complexity index is 1190. The summed E-state index contributed by atoms with van der Waals surface area (Å²) in [7, 11) is 1.39. The Kier molecular flexibility index (Phi) is 9.81. The number of amides is 2. The van der Waals surface area contributed by atoms with Gasteiger partial charge >= 0.3 is 18.0 Å². The summed E-state index contributed by atoms with van der Waals surface area (Å²) in [6.45, 7) is 5.73. The Hall–Kier alpha value is -4.21. The zero-order valence-electron chi connectivity index (χ0n) is 22.7. The maximum atomic E-state index is 12.9. The van der Waals surface area contributed by atoms with E-state index in [9.17, 15) is 19.2 Å². The normalized spacial score (nSPS) is 13.8. The molecule has 1 heterocycles. The highest BCUT2D eigenvalue weighted by molar-refractivity contribution is 6.04. The number of nitrogens with one attached hydrogen (secondary N) is 2. The molecule has 0 aromatic heterocycles. The summed E-state index contributed by atoms with van der Waals surface area (Å²) in [5.41, 5.74) is 2.12. The molecule has 0 bridgehead atoms. The van der Waals surface area contributed by atoms with Gasteiger partial charge in [-0.2, -0.15) is 0 Å². The SMILES string of the molecule is COC(=O)CC1CCN(C(=O)c2ccc(-c3ccc(C(=N)NC(=O)OCOC(=O)C(C)(C)C)cc3)cc2)CC1. The number of likely N-dealkylation sites (tertiary alicyclic amines) is 1. The average Bonchev–Trinajstić information content (AvgIpc) is 2.92. The molecule has 2 amide bonds. The lowest BCUT2D eigenvalue weighted by molar-refractivity contribution is -0.161. The number of methoxy groups -OCH3 is 1. The molecular weight excluding hydrogens is 502 g/mol. The number of hydrogen-bond donors (Lipinski definition) is 2. The van der Waals surface area contributed by atoms with Crippen LogP contribution in [0.5, 0.6) is 0 Å². The molecule has 0 aliphatic carbocycles. The predicted octanol–water partition coefficient (Wildman–Crippen LogP) is 4.37. The van der Waals surface area contributed by atoms with Gasteiger partial charge in [-0.05, 0) is 62.8 Å². The minimum Gasteiger partial charge on any atom is -0.469 e. The molecule has 1 fully saturated rings. The maximum absolute atomic E-state index is 12.9. The summed E-state index contributed by atoms with van der Waals surface area (Å²) < 4.78 is 14.4. The van der Waals surface area contributed by atoms with Gasteiger partial charge in [-0.1, -0.05) is 36.4 Å². The van der Waals surface area contributed by atoms with Crippen molar-refractivity contribution in [2.45, 2.75) is 40.0 Å². The van der Waals surface area contributed by atoms with Gasteiger partial charge in [0.15, 0.2) is 0 Å². The van der Waals surface area contributed by atoms with Crippen LogP contribution < -0.4 is 5.32 Å². The van der Waals surface area contributed by atoms with Gasteiger partial charge in [-0.3, -0.25) is 25.1 Å². The van der Waals surface area contributed by atoms with Crippen molar-refractivity contribution in [3.63, 3.8) is 0 Å². The Morgan fingerprint density at radius 1 is 0.897 bits per heavy atom. The first-order chi connectivity index (χ1) is 18.5. The lowest BCUT2D eigenvalue weighted by Crippen LogP contribution is -2.38. The van der Waals surface area contributed by atoms with Crippen molar-refractivity contribution in [2.24, 2.45) is 11.3 Å². The average molecular weight is 538 g/mol. The van der Waals surface area contributed by atoms with Gasteiger partial charge in [0, 0.05) is 30.6 Å². The molecule has 1 aliphatic heterocycles. The first kappa shape index (κ1) is 29.3. The van der Waals surface area contributed by atoms with Gasteiger partial charge in [-0.25, -0.2) is 4.79 Å². The molecule has 1 saturated heterocycles. The van der Waals surface area contributed by atoms with Crippen LogP contribution in [0.15, 0.2) is 48.5 Å². The molecule has 0 atom stereocenters. The third-order valence-electron chi connectivity index (χ3n) is 6.44. The summed E-state index contributed by atoms with van der Waals surface area (Å²) >= 11 is 0. The Morgan fingerprint density at radius 2 is 1.44 bits per heavy atom. The first-order valence-electron chi connectivity index (χ1n) is 12.7. The van der Waals surface area contributed by atoms with Crippen LogP contribution in [0.3, 0.4) is 0 Å². The van der Waals surface area contributed by atoms with Crippen molar-refractivity contribution < 1.29 is 33.4 Å². The third kappa shape index (κ3) is 8.39. The molecule has 0 spiro atoms. The van der Waals surface area contributed by atoms with Gasteiger partial charge in [0.2, 0.25) is 6.79 Å². The molecular formula is C29H35N3O7. The van der Waals surface area contributed by atoms with E-state index in [1.165, 1.54) is 7.11 Å². The van der Waals surface area contributed by atoms with Gasteiger partial charge in [0.25, 0.3) is 5.91 Å². The van der Waals surface area contributed by atoms with Crippen LogP contribution in [-0.2, 0) is 23.8 Å². The van der Waals surface area contributed by atoms with E-state index in [1.807, 2.05) is 29.2 Å². The number of benzene rings is 2. The largest absolute Gasteiger partial charge is 0.469 e. The smallest absolute Gasteiger partial charge is 0.415 e. The summed E-state index contributed by atoms with van der Waals surface area (Å²) in [5, 5.41) is 10.4. The van der Waals surface area contributed by atoms with Gasteiger partial charge < -0.3 is 19.1 Å². The maximum Gasteiger partial charge on any atom is 0.415 e. The predicted molar refractivity (Wildman–Crippen MR) is 144 cm³/mol. The Morgan fingerprint density at radius 3 is 1.95 bits per heavy atom. The Labute approximate surface area is 228 Å². The summed E-state index contributed by atoms with van der Waals surface area (Å²) in [5.74, 6) is -0.671. The number of hydrogen-bond acceptors (Lipinski definition) is 8. The van der Waals surface area contributed by atoms with E-state index in [0.29, 0.717) is 30.6 Å². The number of carbonyl (C=O) groups excluding carboxylic acids is 4. The fourth-order valence-electron chi connectivity index (χ4n) is 4.04. The summed E-state index contributed by atoms with van der Waals surface area (Å²) in [4.78, 5) is 49.8. The van der Waals surface area contributed by atoms with Gasteiger partial charge in [-0.15, -0.1) is 0 Å². The van der Waals surface area contributed by atoms with Crippen molar-refractivity contribution in [2.75, 3.05) is 27.0 Å². The van der Waals surface area contributed by atoms with E-state index < -0.39 is 24.3 Å². The van der Waals surface area contributed by atoms with Crippen LogP contribution in [0.1, 0.15) is 56.0 Å². The number of piperidine rings is 1. The van der Waals surface area contributed by atoms with E-state index in [1.54, 1.807) is 45.0 Å². The van der Waals surface area contributed by atoms with E-state index >= 15 is 0 Å². The third-order valence-corrected chi connectivity index (χ3v) is 6.44. The van der Waals surface area contributed by atoms with Crippen LogP contribution >= 0.6 is 0 Å². The highest BCUT2D eigenvalue weighted by atomic mass is 16.7. The zero-order chi connectivity index (χ0) is 28.6. The standard InChI is InChI=1S/C29H35N3O7/c1-29(2,3)27(35)38-18-39-28(36)31-25(30)22-9-5-20(6-10-22)21-7-11-23(12-8-21)26(34)32-15-13-19(14-16-32)17-24(33)37-4/h5-12,19H,13-18H2,1-4H3,(H2,30,31,36). The van der Waals surface area contributed by atoms with Crippen molar-refractivity contribution in [1.29, 1.82) is 5.41 Å². The molecule has 39 heavy (non-hydrogen) atoms. The second kappa shape index (κ2) is 13.0.